The Labute approximate surface area is 256 Å². The number of hydrogen-bond donors (Lipinski definition) is 0. The number of benzene rings is 7. The van der Waals surface area contributed by atoms with E-state index < -0.39 is 0 Å². The number of para-hydroxylation sites is 2. The van der Waals surface area contributed by atoms with Gasteiger partial charge >= 0.3 is 0 Å². The fraction of sp³-hybridized carbons (Fsp3) is 0.0952. The third kappa shape index (κ3) is 3.48. The quantitative estimate of drug-likeness (QED) is 0.212. The zero-order chi connectivity index (χ0) is 29.6. The number of rotatable bonds is 3. The standard InChI is InChI=1S/C42H31NO/c1-26-19-21-29(22-20-26)43(37-17-10-16-33-31-14-8-9-18-39(31)44-41(33)37)38-25-36-40(32-15-7-6-13-30(32)38)34-23-27-11-4-5-12-28(27)24-35(34)42(36,2)3/h4-25H,1-3H3. The predicted molar refractivity (Wildman–Crippen MR) is 186 cm³/mol. The first-order valence-corrected chi connectivity index (χ1v) is 15.4. The summed E-state index contributed by atoms with van der Waals surface area (Å²) >= 11 is 0. The molecular formula is C42H31NO. The second-order valence-electron chi connectivity index (χ2n) is 12.7. The smallest absolute Gasteiger partial charge is 0.159 e. The van der Waals surface area contributed by atoms with Gasteiger partial charge < -0.3 is 9.32 Å². The van der Waals surface area contributed by atoms with Gasteiger partial charge in [0.25, 0.3) is 0 Å². The molecule has 1 aromatic heterocycles. The Morgan fingerprint density at radius 1 is 0.545 bits per heavy atom. The summed E-state index contributed by atoms with van der Waals surface area (Å²) in [5.74, 6) is 0. The topological polar surface area (TPSA) is 16.4 Å². The van der Waals surface area contributed by atoms with Crippen LogP contribution in [0.3, 0.4) is 0 Å². The maximum atomic E-state index is 6.63. The molecule has 9 rings (SSSR count). The molecule has 0 radical (unpaired) electrons. The van der Waals surface area contributed by atoms with E-state index in [-0.39, 0.29) is 5.41 Å². The second-order valence-corrected chi connectivity index (χ2v) is 12.7. The van der Waals surface area contributed by atoms with E-state index in [1.165, 1.54) is 49.4 Å². The van der Waals surface area contributed by atoms with Crippen molar-refractivity contribution in [1.29, 1.82) is 0 Å². The highest BCUT2D eigenvalue weighted by Crippen LogP contribution is 2.55. The highest BCUT2D eigenvalue weighted by Gasteiger charge is 2.38. The molecule has 0 atom stereocenters. The van der Waals surface area contributed by atoms with Crippen molar-refractivity contribution in [2.45, 2.75) is 26.2 Å². The van der Waals surface area contributed by atoms with Crippen LogP contribution in [0.5, 0.6) is 0 Å². The molecule has 7 aromatic carbocycles. The van der Waals surface area contributed by atoms with Gasteiger partial charge in [0.15, 0.2) is 5.58 Å². The van der Waals surface area contributed by atoms with E-state index in [9.17, 15) is 0 Å². The van der Waals surface area contributed by atoms with Crippen molar-refractivity contribution >= 4 is 60.5 Å². The lowest BCUT2D eigenvalue weighted by atomic mass is 9.81. The lowest BCUT2D eigenvalue weighted by Crippen LogP contribution is -2.17. The van der Waals surface area contributed by atoms with Crippen LogP contribution in [0.15, 0.2) is 138 Å². The third-order valence-corrected chi connectivity index (χ3v) is 9.68. The van der Waals surface area contributed by atoms with E-state index in [2.05, 4.69) is 153 Å². The van der Waals surface area contributed by atoms with E-state index in [1.54, 1.807) is 0 Å². The molecule has 8 aromatic rings. The van der Waals surface area contributed by atoms with E-state index in [0.29, 0.717) is 0 Å². The normalized spacial score (nSPS) is 13.5. The molecule has 0 aliphatic heterocycles. The van der Waals surface area contributed by atoms with Gasteiger partial charge in [0.1, 0.15) is 5.58 Å². The minimum absolute atomic E-state index is 0.169. The molecule has 0 amide bonds. The van der Waals surface area contributed by atoms with Gasteiger partial charge in [0, 0.05) is 27.3 Å². The van der Waals surface area contributed by atoms with E-state index in [4.69, 9.17) is 4.42 Å². The summed E-state index contributed by atoms with van der Waals surface area (Å²) in [6, 6.07) is 48.6. The Hall–Kier alpha value is -5.34. The Morgan fingerprint density at radius 2 is 1.20 bits per heavy atom. The van der Waals surface area contributed by atoms with Gasteiger partial charge in [-0.25, -0.2) is 0 Å². The summed E-state index contributed by atoms with van der Waals surface area (Å²) in [7, 11) is 0. The van der Waals surface area contributed by atoms with Gasteiger partial charge in [0.05, 0.1) is 11.4 Å². The number of fused-ring (bicyclic) bond motifs is 9. The van der Waals surface area contributed by atoms with Gasteiger partial charge in [-0.2, -0.15) is 0 Å². The van der Waals surface area contributed by atoms with Gasteiger partial charge in [-0.05, 0) is 87.8 Å². The van der Waals surface area contributed by atoms with Gasteiger partial charge in [-0.3, -0.25) is 0 Å². The highest BCUT2D eigenvalue weighted by atomic mass is 16.3. The monoisotopic (exact) mass is 565 g/mol. The first-order valence-electron chi connectivity index (χ1n) is 15.4. The Balaban J connectivity index is 1.39. The number of anilines is 3. The Bertz CT molecular complexity index is 2430. The third-order valence-electron chi connectivity index (χ3n) is 9.68. The van der Waals surface area contributed by atoms with E-state index >= 15 is 0 Å². The molecule has 2 heteroatoms. The minimum Gasteiger partial charge on any atom is -0.454 e. The van der Waals surface area contributed by atoms with Gasteiger partial charge in [-0.1, -0.05) is 110 Å². The summed E-state index contributed by atoms with van der Waals surface area (Å²) in [6.07, 6.45) is 0. The lowest BCUT2D eigenvalue weighted by Gasteiger charge is -2.30. The average Bonchev–Trinajstić information content (AvgIpc) is 3.54. The average molecular weight is 566 g/mol. The molecule has 0 saturated heterocycles. The molecule has 1 aliphatic rings. The second kappa shape index (κ2) is 9.08. The van der Waals surface area contributed by atoms with Crippen molar-refractivity contribution < 1.29 is 4.42 Å². The van der Waals surface area contributed by atoms with Crippen LogP contribution >= 0.6 is 0 Å². The molecule has 0 saturated carbocycles. The molecule has 0 N–H and O–H groups in total. The summed E-state index contributed by atoms with van der Waals surface area (Å²) in [6.45, 7) is 6.89. The summed E-state index contributed by atoms with van der Waals surface area (Å²) < 4.78 is 6.63. The van der Waals surface area contributed by atoms with Crippen LogP contribution in [0.2, 0.25) is 0 Å². The van der Waals surface area contributed by atoms with Crippen LogP contribution in [-0.2, 0) is 5.41 Å². The van der Waals surface area contributed by atoms with Crippen LogP contribution in [0.1, 0.15) is 30.5 Å². The number of furan rings is 1. The molecule has 1 aliphatic carbocycles. The number of hydrogen-bond acceptors (Lipinski definition) is 2. The largest absolute Gasteiger partial charge is 0.454 e. The predicted octanol–water partition coefficient (Wildman–Crippen LogP) is 12.0. The molecule has 0 unspecified atom stereocenters. The molecule has 210 valence electrons. The van der Waals surface area contributed by atoms with E-state index in [0.717, 1.165) is 39.0 Å². The zero-order valence-electron chi connectivity index (χ0n) is 25.1. The molecule has 1 heterocycles. The molecular weight excluding hydrogens is 534 g/mol. The Kier molecular flexibility index (Phi) is 5.20. The summed E-state index contributed by atoms with van der Waals surface area (Å²) in [5.41, 5.74) is 11.6. The zero-order valence-corrected chi connectivity index (χ0v) is 25.1. The van der Waals surface area contributed by atoms with Crippen LogP contribution in [0.25, 0.3) is 54.6 Å². The maximum absolute atomic E-state index is 6.63. The highest BCUT2D eigenvalue weighted by molar-refractivity contribution is 6.14. The van der Waals surface area contributed by atoms with Crippen molar-refractivity contribution in [3.8, 4) is 11.1 Å². The summed E-state index contributed by atoms with van der Waals surface area (Å²) in [4.78, 5) is 2.41. The molecule has 0 spiro atoms. The van der Waals surface area contributed by atoms with Crippen LogP contribution < -0.4 is 4.90 Å². The van der Waals surface area contributed by atoms with Crippen molar-refractivity contribution in [2.24, 2.45) is 0 Å². The molecule has 2 nitrogen and oxygen atoms in total. The Morgan fingerprint density at radius 3 is 2.00 bits per heavy atom. The summed E-state index contributed by atoms with van der Waals surface area (Å²) in [5, 5.41) is 7.32. The minimum atomic E-state index is -0.169. The van der Waals surface area contributed by atoms with Crippen molar-refractivity contribution in [1.82, 2.24) is 0 Å². The van der Waals surface area contributed by atoms with Crippen molar-refractivity contribution in [2.75, 3.05) is 4.90 Å². The fourth-order valence-corrected chi connectivity index (χ4v) is 7.44. The SMILES string of the molecule is Cc1ccc(N(c2cc3c(c4ccccc24)-c2cc4ccccc4cc2C3(C)C)c2cccc3c2oc2ccccc23)cc1. The van der Waals surface area contributed by atoms with Crippen molar-refractivity contribution in [3.05, 3.63) is 150 Å². The van der Waals surface area contributed by atoms with Crippen LogP contribution in [0, 0.1) is 6.92 Å². The lowest BCUT2D eigenvalue weighted by molar-refractivity contribution is 0.661. The molecule has 44 heavy (non-hydrogen) atoms. The van der Waals surface area contributed by atoms with E-state index in [1.807, 2.05) is 6.07 Å². The van der Waals surface area contributed by atoms with Crippen LogP contribution in [-0.4, -0.2) is 0 Å². The van der Waals surface area contributed by atoms with Crippen LogP contribution in [0.4, 0.5) is 17.1 Å². The van der Waals surface area contributed by atoms with Gasteiger partial charge in [-0.15, -0.1) is 0 Å². The number of nitrogens with zero attached hydrogens (tertiary/aromatic N) is 1. The van der Waals surface area contributed by atoms with Gasteiger partial charge in [0.2, 0.25) is 0 Å². The first kappa shape index (κ1) is 25.2. The maximum Gasteiger partial charge on any atom is 0.159 e. The number of aryl methyl sites for hydroxylation is 1. The first-order chi connectivity index (χ1) is 21.5. The van der Waals surface area contributed by atoms with Crippen molar-refractivity contribution in [3.63, 3.8) is 0 Å². The molecule has 0 bridgehead atoms. The fourth-order valence-electron chi connectivity index (χ4n) is 7.44. The molecule has 0 fully saturated rings.